The maximum absolute atomic E-state index is 11.1. The molecule has 0 spiro atoms. The van der Waals surface area contributed by atoms with Crippen LogP contribution in [0.4, 0.5) is 0 Å². The molecule has 4 nitrogen and oxygen atoms in total. The van der Waals surface area contributed by atoms with Crippen LogP contribution in [-0.2, 0) is 9.53 Å². The largest absolute Gasteiger partial charge is 0.504 e. The second kappa shape index (κ2) is 3.46. The summed E-state index contributed by atoms with van der Waals surface area (Å²) in [5.41, 5.74) is 0.809. The van der Waals surface area contributed by atoms with Crippen LogP contribution in [0, 0.1) is 0 Å². The van der Waals surface area contributed by atoms with E-state index in [1.807, 2.05) is 6.92 Å². The Balaban J connectivity index is 2.30. The van der Waals surface area contributed by atoms with Crippen molar-refractivity contribution < 1.29 is 19.7 Å². The van der Waals surface area contributed by atoms with Crippen molar-refractivity contribution in [2.75, 3.05) is 0 Å². The molecule has 0 aliphatic carbocycles. The van der Waals surface area contributed by atoms with E-state index in [1.54, 1.807) is 6.07 Å². The molecule has 1 aromatic rings. The quantitative estimate of drug-likeness (QED) is 0.542. The van der Waals surface area contributed by atoms with Crippen molar-refractivity contribution in [1.82, 2.24) is 0 Å². The van der Waals surface area contributed by atoms with Gasteiger partial charge in [0.2, 0.25) is 0 Å². The first kappa shape index (κ1) is 9.83. The third-order valence-electron chi connectivity index (χ3n) is 2.70. The topological polar surface area (TPSA) is 66.8 Å². The number of cyclic esters (lactones) is 1. The number of phenols is 2. The van der Waals surface area contributed by atoms with Crippen LogP contribution in [0.15, 0.2) is 18.2 Å². The van der Waals surface area contributed by atoms with Gasteiger partial charge in [-0.1, -0.05) is 6.07 Å². The molecule has 2 N–H and O–H groups in total. The Kier molecular flexibility index (Phi) is 2.26. The second-order valence-electron chi connectivity index (χ2n) is 3.75. The SMILES string of the molecule is CC1OC(=O)CC1c1ccc(O)c(O)c1. The predicted octanol–water partition coefficient (Wildman–Crippen LogP) is 1.52. The number of ether oxygens (including phenoxy) is 1. The highest BCUT2D eigenvalue weighted by Crippen LogP contribution is 2.35. The molecule has 1 fully saturated rings. The Morgan fingerprint density at radius 3 is 2.60 bits per heavy atom. The maximum Gasteiger partial charge on any atom is 0.306 e. The minimum atomic E-state index is -0.222. The van der Waals surface area contributed by atoms with E-state index in [9.17, 15) is 9.90 Å². The summed E-state index contributed by atoms with van der Waals surface area (Å²) in [5.74, 6) is -0.584. The van der Waals surface area contributed by atoms with E-state index in [0.29, 0.717) is 6.42 Å². The van der Waals surface area contributed by atoms with Gasteiger partial charge in [-0.3, -0.25) is 4.79 Å². The highest BCUT2D eigenvalue weighted by Gasteiger charge is 2.32. The van der Waals surface area contributed by atoms with Crippen molar-refractivity contribution in [3.63, 3.8) is 0 Å². The fourth-order valence-corrected chi connectivity index (χ4v) is 1.84. The van der Waals surface area contributed by atoms with Crippen LogP contribution in [0.3, 0.4) is 0 Å². The number of rotatable bonds is 1. The number of hydrogen-bond acceptors (Lipinski definition) is 4. The smallest absolute Gasteiger partial charge is 0.306 e. The Morgan fingerprint density at radius 1 is 1.33 bits per heavy atom. The summed E-state index contributed by atoms with van der Waals surface area (Å²) >= 11 is 0. The normalized spacial score (nSPS) is 25.3. The number of hydrogen-bond donors (Lipinski definition) is 2. The minimum Gasteiger partial charge on any atom is -0.504 e. The summed E-state index contributed by atoms with van der Waals surface area (Å²) < 4.78 is 5.02. The Bertz CT molecular complexity index is 400. The average molecular weight is 208 g/mol. The molecule has 1 aromatic carbocycles. The molecule has 0 bridgehead atoms. The average Bonchev–Trinajstić information content (AvgIpc) is 2.50. The maximum atomic E-state index is 11.1. The second-order valence-corrected chi connectivity index (χ2v) is 3.75. The minimum absolute atomic E-state index is 0.0380. The van der Waals surface area contributed by atoms with Gasteiger partial charge in [-0.05, 0) is 24.6 Å². The molecule has 1 heterocycles. The van der Waals surface area contributed by atoms with Gasteiger partial charge in [-0.2, -0.15) is 0 Å². The molecule has 80 valence electrons. The fraction of sp³-hybridized carbons (Fsp3) is 0.364. The summed E-state index contributed by atoms with van der Waals surface area (Å²) in [6, 6.07) is 4.58. The number of benzene rings is 1. The lowest BCUT2D eigenvalue weighted by Crippen LogP contribution is -2.09. The molecule has 0 radical (unpaired) electrons. The van der Waals surface area contributed by atoms with Gasteiger partial charge < -0.3 is 14.9 Å². The Hall–Kier alpha value is -1.71. The van der Waals surface area contributed by atoms with Crippen molar-refractivity contribution in [3.8, 4) is 11.5 Å². The van der Waals surface area contributed by atoms with E-state index in [1.165, 1.54) is 12.1 Å². The lowest BCUT2D eigenvalue weighted by molar-refractivity contribution is -0.140. The monoisotopic (exact) mass is 208 g/mol. The van der Waals surface area contributed by atoms with Gasteiger partial charge in [0.1, 0.15) is 6.10 Å². The van der Waals surface area contributed by atoms with Crippen LogP contribution < -0.4 is 0 Å². The molecule has 2 unspecified atom stereocenters. The van der Waals surface area contributed by atoms with Crippen LogP contribution in [0.2, 0.25) is 0 Å². The molecule has 1 aliphatic heterocycles. The summed E-state index contributed by atoms with van der Waals surface area (Å²) in [5, 5.41) is 18.5. The van der Waals surface area contributed by atoms with Gasteiger partial charge in [0.05, 0.1) is 6.42 Å². The summed E-state index contributed by atoms with van der Waals surface area (Å²) in [6.07, 6.45) is 0.146. The van der Waals surface area contributed by atoms with E-state index in [2.05, 4.69) is 0 Å². The molecule has 0 aromatic heterocycles. The van der Waals surface area contributed by atoms with Crippen molar-refractivity contribution >= 4 is 5.97 Å². The molecule has 1 saturated heterocycles. The zero-order valence-electron chi connectivity index (χ0n) is 8.30. The number of aromatic hydroxyl groups is 2. The fourth-order valence-electron chi connectivity index (χ4n) is 1.84. The van der Waals surface area contributed by atoms with Crippen molar-refractivity contribution in [1.29, 1.82) is 0 Å². The molecule has 15 heavy (non-hydrogen) atoms. The standard InChI is InChI=1S/C11H12O4/c1-6-8(5-11(14)15-6)7-2-3-9(12)10(13)4-7/h2-4,6,8,12-13H,5H2,1H3. The number of carbonyl (C=O) groups excluding carboxylic acids is 1. The van der Waals surface area contributed by atoms with Crippen molar-refractivity contribution in [2.24, 2.45) is 0 Å². The van der Waals surface area contributed by atoms with Crippen LogP contribution >= 0.6 is 0 Å². The zero-order valence-corrected chi connectivity index (χ0v) is 8.30. The van der Waals surface area contributed by atoms with Crippen LogP contribution in [0.25, 0.3) is 0 Å². The molecular weight excluding hydrogens is 196 g/mol. The molecule has 2 rings (SSSR count). The van der Waals surface area contributed by atoms with E-state index in [0.717, 1.165) is 5.56 Å². The Labute approximate surface area is 87.1 Å². The highest BCUT2D eigenvalue weighted by molar-refractivity contribution is 5.73. The van der Waals surface area contributed by atoms with E-state index in [4.69, 9.17) is 9.84 Å². The lowest BCUT2D eigenvalue weighted by Gasteiger charge is -2.13. The summed E-state index contributed by atoms with van der Waals surface area (Å²) in [7, 11) is 0. The summed E-state index contributed by atoms with van der Waals surface area (Å²) in [6.45, 7) is 1.82. The van der Waals surface area contributed by atoms with Crippen LogP contribution in [-0.4, -0.2) is 22.3 Å². The Morgan fingerprint density at radius 2 is 2.07 bits per heavy atom. The predicted molar refractivity (Wildman–Crippen MR) is 52.7 cm³/mol. The third kappa shape index (κ3) is 1.75. The third-order valence-corrected chi connectivity index (χ3v) is 2.70. The molecule has 0 saturated carbocycles. The molecule has 1 aliphatic rings. The lowest BCUT2D eigenvalue weighted by atomic mass is 9.93. The van der Waals surface area contributed by atoms with Gasteiger partial charge >= 0.3 is 5.97 Å². The molecule has 4 heteroatoms. The van der Waals surface area contributed by atoms with Crippen LogP contribution in [0.5, 0.6) is 11.5 Å². The molecular formula is C11H12O4. The van der Waals surface area contributed by atoms with E-state index < -0.39 is 0 Å². The van der Waals surface area contributed by atoms with Gasteiger partial charge in [0.25, 0.3) is 0 Å². The van der Waals surface area contributed by atoms with Crippen molar-refractivity contribution in [3.05, 3.63) is 23.8 Å². The van der Waals surface area contributed by atoms with E-state index in [-0.39, 0.29) is 29.5 Å². The first-order valence-corrected chi connectivity index (χ1v) is 4.79. The summed E-state index contributed by atoms with van der Waals surface area (Å²) in [4.78, 5) is 11.1. The number of esters is 1. The zero-order chi connectivity index (χ0) is 11.0. The van der Waals surface area contributed by atoms with Gasteiger partial charge in [-0.15, -0.1) is 0 Å². The number of carbonyl (C=O) groups is 1. The van der Waals surface area contributed by atoms with E-state index >= 15 is 0 Å². The first-order chi connectivity index (χ1) is 7.08. The van der Waals surface area contributed by atoms with Crippen LogP contribution in [0.1, 0.15) is 24.8 Å². The first-order valence-electron chi connectivity index (χ1n) is 4.79. The van der Waals surface area contributed by atoms with Gasteiger partial charge in [0, 0.05) is 5.92 Å². The number of phenolic OH excluding ortho intramolecular Hbond substituents is 2. The van der Waals surface area contributed by atoms with Crippen molar-refractivity contribution in [2.45, 2.75) is 25.4 Å². The highest BCUT2D eigenvalue weighted by atomic mass is 16.5. The van der Waals surface area contributed by atoms with Gasteiger partial charge in [0.15, 0.2) is 11.5 Å². The van der Waals surface area contributed by atoms with Gasteiger partial charge in [-0.25, -0.2) is 0 Å². The molecule has 2 atom stereocenters. The molecule has 0 amide bonds.